The fourth-order valence-corrected chi connectivity index (χ4v) is 2.25. The predicted octanol–water partition coefficient (Wildman–Crippen LogP) is 1.90. The molecule has 1 heterocycles. The first-order chi connectivity index (χ1) is 10.9. The van der Waals surface area contributed by atoms with Crippen molar-refractivity contribution in [1.29, 1.82) is 0 Å². The second-order valence-corrected chi connectivity index (χ2v) is 4.79. The SMILES string of the molecule is CCCc1cc([N+](=O)[O-])c([O-])c2c(=O)cc(C(=O)OCC)oc12. The molecule has 1 aromatic heterocycles. The van der Waals surface area contributed by atoms with E-state index in [9.17, 15) is 24.8 Å². The number of nitro benzene ring substituents is 1. The van der Waals surface area contributed by atoms with Crippen molar-refractivity contribution in [2.24, 2.45) is 0 Å². The van der Waals surface area contributed by atoms with Gasteiger partial charge in [-0.25, -0.2) is 4.79 Å². The Bertz CT molecular complexity index is 838. The molecule has 122 valence electrons. The van der Waals surface area contributed by atoms with Gasteiger partial charge in [-0.3, -0.25) is 14.9 Å². The molecule has 0 bridgehead atoms. The van der Waals surface area contributed by atoms with Crippen LogP contribution in [0.5, 0.6) is 5.75 Å². The highest BCUT2D eigenvalue weighted by Crippen LogP contribution is 2.34. The molecule has 0 fully saturated rings. The highest BCUT2D eigenvalue weighted by atomic mass is 16.6. The molecule has 1 aromatic carbocycles. The second-order valence-electron chi connectivity index (χ2n) is 4.79. The standard InChI is InChI=1S/C15H15NO7/c1-3-5-8-6-9(16(20)21)13(18)12-10(17)7-11(23-14(8)12)15(19)22-4-2/h6-7,18H,3-5H2,1-2H3/p-1. The monoisotopic (exact) mass is 320 g/mol. The van der Waals surface area contributed by atoms with Gasteiger partial charge >= 0.3 is 5.97 Å². The van der Waals surface area contributed by atoms with Gasteiger partial charge in [0.05, 0.1) is 16.9 Å². The van der Waals surface area contributed by atoms with Gasteiger partial charge < -0.3 is 14.3 Å². The van der Waals surface area contributed by atoms with Gasteiger partial charge in [-0.1, -0.05) is 13.3 Å². The molecule has 0 atom stereocenters. The Kier molecular flexibility index (Phi) is 4.63. The number of carbonyl (C=O) groups excluding carboxylic acids is 1. The number of benzene rings is 1. The first-order valence-corrected chi connectivity index (χ1v) is 7.02. The summed E-state index contributed by atoms with van der Waals surface area (Å²) in [6.45, 7) is 3.52. The van der Waals surface area contributed by atoms with E-state index >= 15 is 0 Å². The smallest absolute Gasteiger partial charge is 0.374 e. The summed E-state index contributed by atoms with van der Waals surface area (Å²) in [6, 6.07) is 1.91. The molecule has 0 saturated heterocycles. The molecule has 0 radical (unpaired) electrons. The minimum atomic E-state index is -1.02. The maximum Gasteiger partial charge on any atom is 0.374 e. The zero-order valence-corrected chi connectivity index (χ0v) is 12.6. The van der Waals surface area contributed by atoms with Crippen molar-refractivity contribution in [2.45, 2.75) is 26.7 Å². The molecule has 0 aliphatic carbocycles. The van der Waals surface area contributed by atoms with Crippen LogP contribution >= 0.6 is 0 Å². The van der Waals surface area contributed by atoms with E-state index in [0.717, 1.165) is 12.1 Å². The van der Waals surface area contributed by atoms with E-state index in [1.165, 1.54) is 0 Å². The summed E-state index contributed by atoms with van der Waals surface area (Å²) in [5.41, 5.74) is -1.26. The molecule has 0 unspecified atom stereocenters. The van der Waals surface area contributed by atoms with Crippen molar-refractivity contribution in [3.63, 3.8) is 0 Å². The summed E-state index contributed by atoms with van der Waals surface area (Å²) in [5, 5.41) is 22.7. The Hall–Kier alpha value is -2.90. The fourth-order valence-electron chi connectivity index (χ4n) is 2.25. The van der Waals surface area contributed by atoms with Gasteiger partial charge in [-0.2, -0.15) is 0 Å². The van der Waals surface area contributed by atoms with E-state index in [2.05, 4.69) is 0 Å². The lowest BCUT2D eigenvalue weighted by atomic mass is 10.0. The predicted molar refractivity (Wildman–Crippen MR) is 78.5 cm³/mol. The van der Waals surface area contributed by atoms with Crippen molar-refractivity contribution >= 4 is 22.6 Å². The van der Waals surface area contributed by atoms with Crippen LogP contribution in [0.1, 0.15) is 36.4 Å². The van der Waals surface area contributed by atoms with Gasteiger partial charge in [-0.05, 0) is 19.1 Å². The van der Waals surface area contributed by atoms with Crippen LogP contribution in [0, 0.1) is 10.1 Å². The fraction of sp³-hybridized carbons (Fsp3) is 0.333. The van der Waals surface area contributed by atoms with Crippen molar-refractivity contribution in [3.05, 3.63) is 43.8 Å². The maximum atomic E-state index is 12.2. The summed E-state index contributed by atoms with van der Waals surface area (Å²) in [6.07, 6.45) is 0.963. The number of hydrogen-bond acceptors (Lipinski definition) is 7. The molecule has 0 aliphatic rings. The van der Waals surface area contributed by atoms with Crippen LogP contribution in [0.4, 0.5) is 5.69 Å². The third-order valence-corrected chi connectivity index (χ3v) is 3.20. The van der Waals surface area contributed by atoms with E-state index < -0.39 is 33.1 Å². The molecular weight excluding hydrogens is 306 g/mol. The van der Waals surface area contributed by atoms with Crippen molar-refractivity contribution in [3.8, 4) is 5.75 Å². The lowest BCUT2D eigenvalue weighted by Gasteiger charge is -2.13. The van der Waals surface area contributed by atoms with Gasteiger partial charge in [0.2, 0.25) is 5.76 Å². The molecule has 0 saturated carbocycles. The molecule has 0 amide bonds. The van der Waals surface area contributed by atoms with Crippen molar-refractivity contribution in [2.75, 3.05) is 6.61 Å². The number of rotatable bonds is 5. The van der Waals surface area contributed by atoms with Crippen molar-refractivity contribution < 1.29 is 24.0 Å². The van der Waals surface area contributed by atoms with Gasteiger partial charge in [-0.15, -0.1) is 0 Å². The van der Waals surface area contributed by atoms with Gasteiger partial charge in [0.1, 0.15) is 5.58 Å². The number of nitrogens with zero attached hydrogens (tertiary/aromatic N) is 1. The number of nitro groups is 1. The number of carbonyl (C=O) groups is 1. The van der Waals surface area contributed by atoms with Crippen molar-refractivity contribution in [1.82, 2.24) is 0 Å². The molecular formula is C15H14NO7-. The average molecular weight is 320 g/mol. The highest BCUT2D eigenvalue weighted by Gasteiger charge is 2.20. The van der Waals surface area contributed by atoms with Crippen LogP contribution in [0.25, 0.3) is 11.0 Å². The van der Waals surface area contributed by atoms with E-state index in [0.29, 0.717) is 18.4 Å². The van der Waals surface area contributed by atoms with E-state index in [1.807, 2.05) is 6.92 Å². The van der Waals surface area contributed by atoms with Gasteiger partial charge in [0.25, 0.3) is 5.69 Å². The number of ether oxygens (including phenoxy) is 1. The number of fused-ring (bicyclic) bond motifs is 1. The quantitative estimate of drug-likeness (QED) is 0.468. The van der Waals surface area contributed by atoms with Gasteiger partial charge in [0, 0.05) is 17.7 Å². The number of esters is 1. The Morgan fingerprint density at radius 3 is 2.61 bits per heavy atom. The van der Waals surface area contributed by atoms with E-state index in [1.54, 1.807) is 6.92 Å². The molecule has 2 aromatic rings. The summed E-state index contributed by atoms with van der Waals surface area (Å²) < 4.78 is 10.1. The molecule has 0 spiro atoms. The van der Waals surface area contributed by atoms with Crippen LogP contribution in [0.3, 0.4) is 0 Å². The molecule has 2 rings (SSSR count). The lowest BCUT2D eigenvalue weighted by Crippen LogP contribution is -2.13. The topological polar surface area (TPSA) is 123 Å². The zero-order chi connectivity index (χ0) is 17.1. The summed E-state index contributed by atoms with van der Waals surface area (Å²) in [5.74, 6) is -2.19. The second kappa shape index (κ2) is 6.47. The van der Waals surface area contributed by atoms with E-state index in [4.69, 9.17) is 9.15 Å². The Balaban J connectivity index is 2.83. The first kappa shape index (κ1) is 16.5. The molecule has 0 aliphatic heterocycles. The number of aryl methyl sites for hydroxylation is 1. The molecule has 8 heteroatoms. The Morgan fingerprint density at radius 2 is 2.04 bits per heavy atom. The van der Waals surface area contributed by atoms with Crippen LogP contribution in [-0.2, 0) is 11.2 Å². The molecule has 23 heavy (non-hydrogen) atoms. The minimum absolute atomic E-state index is 0.0927. The largest absolute Gasteiger partial charge is 0.867 e. The first-order valence-electron chi connectivity index (χ1n) is 7.02. The highest BCUT2D eigenvalue weighted by molar-refractivity contribution is 5.93. The number of hydrogen-bond donors (Lipinski definition) is 0. The normalized spacial score (nSPS) is 10.7. The summed E-state index contributed by atoms with van der Waals surface area (Å²) >= 11 is 0. The summed E-state index contributed by atoms with van der Waals surface area (Å²) in [7, 11) is 0. The third kappa shape index (κ3) is 3.01. The van der Waals surface area contributed by atoms with Crippen LogP contribution in [0.2, 0.25) is 0 Å². The zero-order valence-electron chi connectivity index (χ0n) is 12.6. The van der Waals surface area contributed by atoms with Gasteiger partial charge in [0.15, 0.2) is 5.43 Å². The minimum Gasteiger partial charge on any atom is -0.867 e. The average Bonchev–Trinajstić information content (AvgIpc) is 2.49. The third-order valence-electron chi connectivity index (χ3n) is 3.20. The maximum absolute atomic E-state index is 12.2. The van der Waals surface area contributed by atoms with E-state index in [-0.39, 0.29) is 18.0 Å². The summed E-state index contributed by atoms with van der Waals surface area (Å²) in [4.78, 5) is 34.1. The molecule has 0 N–H and O–H groups in total. The lowest BCUT2D eigenvalue weighted by molar-refractivity contribution is -0.397. The van der Waals surface area contributed by atoms with Crippen LogP contribution < -0.4 is 10.5 Å². The van der Waals surface area contributed by atoms with Crippen LogP contribution in [-0.4, -0.2) is 17.5 Å². The van der Waals surface area contributed by atoms with Crippen LogP contribution in [0.15, 0.2) is 21.3 Å². The molecule has 8 nitrogen and oxygen atoms in total. The Labute approximate surface area is 130 Å². The Morgan fingerprint density at radius 1 is 1.35 bits per heavy atom.